The molecule has 0 amide bonds. The monoisotopic (exact) mass is 209 g/mol. The molecule has 0 bridgehead atoms. The van der Waals surface area contributed by atoms with Crippen LogP contribution in [0.2, 0.25) is 0 Å². The van der Waals surface area contributed by atoms with E-state index in [0.717, 1.165) is 18.6 Å². The van der Waals surface area contributed by atoms with E-state index >= 15 is 0 Å². The Morgan fingerprint density at radius 2 is 2.27 bits per heavy atom. The fraction of sp³-hybridized carbons (Fsp3) is 0.500. The molecule has 0 heterocycles. The molecular formula is C12H19NO2. The van der Waals surface area contributed by atoms with Crippen molar-refractivity contribution in [3.8, 4) is 5.75 Å². The molecule has 1 atom stereocenters. The first-order valence-electron chi connectivity index (χ1n) is 5.21. The fourth-order valence-corrected chi connectivity index (χ4v) is 1.50. The molecule has 0 fully saturated rings. The van der Waals surface area contributed by atoms with Gasteiger partial charge in [0.25, 0.3) is 0 Å². The lowest BCUT2D eigenvalue weighted by Gasteiger charge is -2.12. The Labute approximate surface area is 91.1 Å². The van der Waals surface area contributed by atoms with Gasteiger partial charge in [-0.15, -0.1) is 0 Å². The van der Waals surface area contributed by atoms with Crippen LogP contribution >= 0.6 is 0 Å². The van der Waals surface area contributed by atoms with Crippen LogP contribution in [0.5, 0.6) is 5.75 Å². The maximum Gasteiger partial charge on any atom is 0.119 e. The highest BCUT2D eigenvalue weighted by molar-refractivity contribution is 5.28. The van der Waals surface area contributed by atoms with E-state index in [2.05, 4.69) is 11.4 Å². The topological polar surface area (TPSA) is 41.5 Å². The Morgan fingerprint density at radius 3 is 2.87 bits per heavy atom. The molecule has 3 heteroatoms. The minimum atomic E-state index is 0.177. The lowest BCUT2D eigenvalue weighted by molar-refractivity contribution is 0.242. The smallest absolute Gasteiger partial charge is 0.119 e. The molecule has 0 aromatic heterocycles. The number of likely N-dealkylation sites (N-methyl/N-ethyl adjacent to an activating group) is 1. The van der Waals surface area contributed by atoms with Crippen LogP contribution in [0, 0.1) is 0 Å². The van der Waals surface area contributed by atoms with E-state index in [1.807, 2.05) is 25.2 Å². The standard InChI is InChI=1S/C12H19NO2/c1-13-11(9-14)7-6-10-4-3-5-12(8-10)15-2/h3-5,8,11,13-14H,6-7,9H2,1-2H3. The predicted octanol–water partition coefficient (Wildman–Crippen LogP) is 1.21. The number of aliphatic hydroxyl groups is 1. The van der Waals surface area contributed by atoms with Crippen molar-refractivity contribution in [1.82, 2.24) is 5.32 Å². The summed E-state index contributed by atoms with van der Waals surface area (Å²) < 4.78 is 5.15. The first-order valence-corrected chi connectivity index (χ1v) is 5.21. The number of hydrogen-bond acceptors (Lipinski definition) is 3. The highest BCUT2D eigenvalue weighted by Gasteiger charge is 2.04. The van der Waals surface area contributed by atoms with Crippen molar-refractivity contribution in [2.45, 2.75) is 18.9 Å². The van der Waals surface area contributed by atoms with E-state index in [1.165, 1.54) is 5.56 Å². The third-order valence-electron chi connectivity index (χ3n) is 2.54. The van der Waals surface area contributed by atoms with Crippen LogP contribution in [-0.2, 0) is 6.42 Å². The third kappa shape index (κ3) is 3.90. The Bertz CT molecular complexity index is 285. The number of benzene rings is 1. The molecule has 1 aromatic carbocycles. The molecule has 0 aliphatic carbocycles. The summed E-state index contributed by atoms with van der Waals surface area (Å²) in [5.41, 5.74) is 1.24. The van der Waals surface area contributed by atoms with Gasteiger partial charge in [0.05, 0.1) is 13.7 Å². The van der Waals surface area contributed by atoms with Crippen LogP contribution in [0.1, 0.15) is 12.0 Å². The number of nitrogens with one attached hydrogen (secondary N) is 1. The maximum atomic E-state index is 9.02. The molecule has 3 nitrogen and oxygen atoms in total. The van der Waals surface area contributed by atoms with Crippen molar-refractivity contribution in [2.24, 2.45) is 0 Å². The number of rotatable bonds is 6. The highest BCUT2D eigenvalue weighted by atomic mass is 16.5. The maximum absolute atomic E-state index is 9.02. The number of methoxy groups -OCH3 is 1. The largest absolute Gasteiger partial charge is 0.497 e. The molecule has 1 rings (SSSR count). The average molecular weight is 209 g/mol. The van der Waals surface area contributed by atoms with Gasteiger partial charge in [0.15, 0.2) is 0 Å². The van der Waals surface area contributed by atoms with Crippen molar-refractivity contribution in [3.63, 3.8) is 0 Å². The molecule has 0 aliphatic rings. The summed E-state index contributed by atoms with van der Waals surface area (Å²) in [5.74, 6) is 0.887. The van der Waals surface area contributed by atoms with Gasteiger partial charge >= 0.3 is 0 Å². The van der Waals surface area contributed by atoms with Crippen LogP contribution in [-0.4, -0.2) is 31.9 Å². The molecule has 15 heavy (non-hydrogen) atoms. The van der Waals surface area contributed by atoms with Crippen LogP contribution < -0.4 is 10.1 Å². The molecule has 1 unspecified atom stereocenters. The number of aliphatic hydroxyl groups excluding tert-OH is 1. The minimum Gasteiger partial charge on any atom is -0.497 e. The Balaban J connectivity index is 2.49. The Morgan fingerprint density at radius 1 is 1.47 bits per heavy atom. The summed E-state index contributed by atoms with van der Waals surface area (Å²) in [6.07, 6.45) is 1.88. The van der Waals surface area contributed by atoms with Crippen molar-refractivity contribution >= 4 is 0 Å². The summed E-state index contributed by atoms with van der Waals surface area (Å²) >= 11 is 0. The number of hydrogen-bond donors (Lipinski definition) is 2. The Kier molecular flexibility index (Phi) is 5.15. The van der Waals surface area contributed by atoms with Gasteiger partial charge in [-0.05, 0) is 37.6 Å². The zero-order valence-electron chi connectivity index (χ0n) is 9.36. The van der Waals surface area contributed by atoms with E-state index < -0.39 is 0 Å². The second-order valence-electron chi connectivity index (χ2n) is 3.56. The second kappa shape index (κ2) is 6.43. The third-order valence-corrected chi connectivity index (χ3v) is 2.54. The van der Waals surface area contributed by atoms with Crippen molar-refractivity contribution in [3.05, 3.63) is 29.8 Å². The molecule has 2 N–H and O–H groups in total. The molecule has 84 valence electrons. The van der Waals surface area contributed by atoms with Gasteiger partial charge in [-0.25, -0.2) is 0 Å². The summed E-state index contributed by atoms with van der Waals surface area (Å²) in [6.45, 7) is 0.181. The molecule has 0 aliphatic heterocycles. The van der Waals surface area contributed by atoms with Crippen molar-refractivity contribution in [1.29, 1.82) is 0 Å². The van der Waals surface area contributed by atoms with E-state index in [9.17, 15) is 0 Å². The fourth-order valence-electron chi connectivity index (χ4n) is 1.50. The normalized spacial score (nSPS) is 12.5. The van der Waals surface area contributed by atoms with E-state index in [1.54, 1.807) is 7.11 Å². The van der Waals surface area contributed by atoms with Gasteiger partial charge in [0.2, 0.25) is 0 Å². The van der Waals surface area contributed by atoms with Crippen LogP contribution in [0.15, 0.2) is 24.3 Å². The SMILES string of the molecule is CNC(CO)CCc1cccc(OC)c1. The summed E-state index contributed by atoms with van der Waals surface area (Å²) in [5, 5.41) is 12.1. The van der Waals surface area contributed by atoms with Gasteiger partial charge in [0, 0.05) is 6.04 Å². The van der Waals surface area contributed by atoms with Gasteiger partial charge in [0.1, 0.15) is 5.75 Å². The van der Waals surface area contributed by atoms with Gasteiger partial charge in [-0.2, -0.15) is 0 Å². The molecule has 0 spiro atoms. The lowest BCUT2D eigenvalue weighted by Crippen LogP contribution is -2.29. The van der Waals surface area contributed by atoms with Gasteiger partial charge in [-0.1, -0.05) is 12.1 Å². The zero-order valence-corrected chi connectivity index (χ0v) is 9.36. The molecular weight excluding hydrogens is 190 g/mol. The van der Waals surface area contributed by atoms with E-state index in [0.29, 0.717) is 0 Å². The predicted molar refractivity (Wildman–Crippen MR) is 61.2 cm³/mol. The highest BCUT2D eigenvalue weighted by Crippen LogP contribution is 2.14. The van der Waals surface area contributed by atoms with Gasteiger partial charge in [-0.3, -0.25) is 0 Å². The lowest BCUT2D eigenvalue weighted by atomic mass is 10.1. The second-order valence-corrected chi connectivity index (χ2v) is 3.56. The summed E-state index contributed by atoms with van der Waals surface area (Å²) in [6, 6.07) is 8.21. The molecule has 0 saturated heterocycles. The van der Waals surface area contributed by atoms with Gasteiger partial charge < -0.3 is 15.2 Å². The molecule has 1 aromatic rings. The van der Waals surface area contributed by atoms with Crippen LogP contribution in [0.4, 0.5) is 0 Å². The molecule has 0 radical (unpaired) electrons. The van der Waals surface area contributed by atoms with E-state index in [-0.39, 0.29) is 12.6 Å². The first kappa shape index (κ1) is 12.0. The number of ether oxygens (including phenoxy) is 1. The van der Waals surface area contributed by atoms with Crippen LogP contribution in [0.3, 0.4) is 0 Å². The zero-order chi connectivity index (χ0) is 11.1. The minimum absolute atomic E-state index is 0.177. The quantitative estimate of drug-likeness (QED) is 0.740. The molecule has 0 saturated carbocycles. The number of aryl methyl sites for hydroxylation is 1. The summed E-state index contributed by atoms with van der Waals surface area (Å²) in [4.78, 5) is 0. The average Bonchev–Trinajstić information content (AvgIpc) is 2.31. The first-order chi connectivity index (χ1) is 7.30. The summed E-state index contributed by atoms with van der Waals surface area (Å²) in [7, 11) is 3.54. The Hall–Kier alpha value is -1.06. The van der Waals surface area contributed by atoms with Crippen molar-refractivity contribution < 1.29 is 9.84 Å². The van der Waals surface area contributed by atoms with Crippen LogP contribution in [0.25, 0.3) is 0 Å². The van der Waals surface area contributed by atoms with Crippen molar-refractivity contribution in [2.75, 3.05) is 20.8 Å². The van der Waals surface area contributed by atoms with E-state index in [4.69, 9.17) is 9.84 Å².